The van der Waals surface area contributed by atoms with E-state index in [1.807, 2.05) is 18.7 Å². The molecular weight excluding hydrogens is 240 g/mol. The smallest absolute Gasteiger partial charge is 0.227 e. The second kappa shape index (κ2) is 9.68. The van der Waals surface area contributed by atoms with E-state index >= 15 is 0 Å². The molecule has 102 valence electrons. The summed E-state index contributed by atoms with van der Waals surface area (Å²) in [6, 6.07) is 0. The van der Waals surface area contributed by atoms with Crippen LogP contribution in [-0.2, 0) is 9.53 Å². The topological polar surface area (TPSA) is 41.6 Å². The number of amides is 1. The van der Waals surface area contributed by atoms with Crippen LogP contribution in [0.1, 0.15) is 26.7 Å². The van der Waals surface area contributed by atoms with Gasteiger partial charge in [-0.1, -0.05) is 0 Å². The molecule has 0 saturated carbocycles. The number of ether oxygens (including phenoxy) is 1. The molecule has 1 rings (SSSR count). The normalized spacial score (nSPS) is 19.5. The number of carbonyl (C=O) groups is 1. The van der Waals surface area contributed by atoms with E-state index in [4.69, 9.17) is 4.74 Å². The number of nitrogens with zero attached hydrogens (tertiary/aromatic N) is 1. The Morgan fingerprint density at radius 1 is 1.47 bits per heavy atom. The number of hydrogen-bond acceptors (Lipinski definition) is 3. The van der Waals surface area contributed by atoms with E-state index < -0.39 is 0 Å². The first-order valence-corrected chi connectivity index (χ1v) is 6.36. The second-order valence-electron chi connectivity index (χ2n) is 4.16. The van der Waals surface area contributed by atoms with Crippen LogP contribution < -0.4 is 5.32 Å². The molecule has 4 nitrogen and oxygen atoms in total. The summed E-state index contributed by atoms with van der Waals surface area (Å²) in [5, 5.41) is 3.28. The van der Waals surface area contributed by atoms with Gasteiger partial charge in [-0.3, -0.25) is 4.79 Å². The summed E-state index contributed by atoms with van der Waals surface area (Å²) >= 11 is 0. The summed E-state index contributed by atoms with van der Waals surface area (Å²) in [4.78, 5) is 14.1. The van der Waals surface area contributed by atoms with E-state index in [0.29, 0.717) is 6.61 Å². The van der Waals surface area contributed by atoms with E-state index in [0.717, 1.165) is 45.6 Å². The van der Waals surface area contributed by atoms with Crippen molar-refractivity contribution in [3.8, 4) is 0 Å². The van der Waals surface area contributed by atoms with Gasteiger partial charge in [-0.25, -0.2) is 0 Å². The quantitative estimate of drug-likeness (QED) is 0.735. The van der Waals surface area contributed by atoms with Crippen LogP contribution >= 0.6 is 12.4 Å². The number of rotatable bonds is 6. The third kappa shape index (κ3) is 5.70. The average Bonchev–Trinajstić information content (AvgIpc) is 2.35. The summed E-state index contributed by atoms with van der Waals surface area (Å²) in [6.07, 6.45) is 2.14. The van der Waals surface area contributed by atoms with Gasteiger partial charge in [-0.15, -0.1) is 12.4 Å². The van der Waals surface area contributed by atoms with E-state index in [9.17, 15) is 4.79 Å². The monoisotopic (exact) mass is 264 g/mol. The van der Waals surface area contributed by atoms with Crippen LogP contribution in [0.3, 0.4) is 0 Å². The van der Waals surface area contributed by atoms with E-state index in [2.05, 4.69) is 5.32 Å². The van der Waals surface area contributed by atoms with Crippen molar-refractivity contribution in [3.63, 3.8) is 0 Å². The maximum Gasteiger partial charge on any atom is 0.227 e. The highest BCUT2D eigenvalue weighted by atomic mass is 35.5. The number of hydrogen-bond donors (Lipinski definition) is 1. The molecular formula is C12H25ClN2O2. The Morgan fingerprint density at radius 2 is 2.24 bits per heavy atom. The summed E-state index contributed by atoms with van der Waals surface area (Å²) in [7, 11) is 0. The molecule has 17 heavy (non-hydrogen) atoms. The predicted molar refractivity (Wildman–Crippen MR) is 71.6 cm³/mol. The first-order valence-electron chi connectivity index (χ1n) is 6.36. The van der Waals surface area contributed by atoms with E-state index in [-0.39, 0.29) is 24.2 Å². The zero-order chi connectivity index (χ0) is 11.8. The highest BCUT2D eigenvalue weighted by Gasteiger charge is 2.24. The molecule has 1 aliphatic heterocycles. The van der Waals surface area contributed by atoms with Crippen molar-refractivity contribution < 1.29 is 9.53 Å². The molecule has 1 saturated heterocycles. The molecule has 0 aromatic rings. The molecule has 0 aromatic heterocycles. The van der Waals surface area contributed by atoms with E-state index in [1.165, 1.54) is 0 Å². The van der Waals surface area contributed by atoms with Crippen molar-refractivity contribution in [1.29, 1.82) is 0 Å². The average molecular weight is 265 g/mol. The Labute approximate surface area is 110 Å². The summed E-state index contributed by atoms with van der Waals surface area (Å²) in [5.74, 6) is 0.463. The first kappa shape index (κ1) is 16.7. The van der Waals surface area contributed by atoms with Gasteiger partial charge in [0.05, 0.1) is 12.5 Å². The zero-order valence-electron chi connectivity index (χ0n) is 10.9. The van der Waals surface area contributed by atoms with Crippen molar-refractivity contribution in [2.24, 2.45) is 5.92 Å². The molecule has 1 aliphatic rings. The molecule has 0 aliphatic carbocycles. The van der Waals surface area contributed by atoms with Gasteiger partial charge in [-0.05, 0) is 33.2 Å². The molecule has 0 unspecified atom stereocenters. The Bertz CT molecular complexity index is 209. The summed E-state index contributed by atoms with van der Waals surface area (Å²) in [6.45, 7) is 8.76. The van der Waals surface area contributed by atoms with Crippen molar-refractivity contribution in [1.82, 2.24) is 10.2 Å². The Hall–Kier alpha value is -0.320. The van der Waals surface area contributed by atoms with Gasteiger partial charge in [0.25, 0.3) is 0 Å². The van der Waals surface area contributed by atoms with Crippen molar-refractivity contribution in [2.75, 3.05) is 39.4 Å². The molecule has 0 bridgehead atoms. The fraction of sp³-hybridized carbons (Fsp3) is 0.917. The summed E-state index contributed by atoms with van der Waals surface area (Å²) < 4.78 is 5.29. The highest BCUT2D eigenvalue weighted by Crippen LogP contribution is 2.13. The van der Waals surface area contributed by atoms with Gasteiger partial charge in [0.1, 0.15) is 0 Å². The fourth-order valence-corrected chi connectivity index (χ4v) is 2.06. The van der Waals surface area contributed by atoms with Crippen LogP contribution in [0.2, 0.25) is 0 Å². The minimum Gasteiger partial charge on any atom is -0.380 e. The Kier molecular flexibility index (Phi) is 9.50. The summed E-state index contributed by atoms with van der Waals surface area (Å²) in [5.41, 5.74) is 0. The maximum absolute atomic E-state index is 12.2. The van der Waals surface area contributed by atoms with Crippen LogP contribution in [-0.4, -0.2) is 50.2 Å². The molecule has 1 fully saturated rings. The molecule has 0 aromatic carbocycles. The molecule has 5 heteroatoms. The molecule has 1 atom stereocenters. The Balaban J connectivity index is 0.00000256. The van der Waals surface area contributed by atoms with Gasteiger partial charge in [0.15, 0.2) is 0 Å². The van der Waals surface area contributed by atoms with Crippen LogP contribution in [0.25, 0.3) is 0 Å². The maximum atomic E-state index is 12.2. The standard InChI is InChI=1S/C12H24N2O2.ClH/c1-3-14(8-9-16-4-2)12(15)11-6-5-7-13-10-11;/h11,13H,3-10H2,1-2H3;1H/t11-;/m1./s1. The second-order valence-corrected chi connectivity index (χ2v) is 4.16. The molecule has 0 radical (unpaired) electrons. The van der Waals surface area contributed by atoms with Gasteiger partial charge >= 0.3 is 0 Å². The van der Waals surface area contributed by atoms with Gasteiger partial charge in [0, 0.05) is 26.2 Å². The predicted octanol–water partition coefficient (Wildman–Crippen LogP) is 1.29. The number of halogens is 1. The van der Waals surface area contributed by atoms with Crippen LogP contribution in [0.4, 0.5) is 0 Å². The van der Waals surface area contributed by atoms with Crippen LogP contribution in [0, 0.1) is 5.92 Å². The van der Waals surface area contributed by atoms with Crippen LogP contribution in [0.15, 0.2) is 0 Å². The highest BCUT2D eigenvalue weighted by molar-refractivity contribution is 5.85. The molecule has 0 spiro atoms. The fourth-order valence-electron chi connectivity index (χ4n) is 2.06. The van der Waals surface area contributed by atoms with Crippen molar-refractivity contribution >= 4 is 18.3 Å². The van der Waals surface area contributed by atoms with Crippen LogP contribution in [0.5, 0.6) is 0 Å². The minimum absolute atomic E-state index is 0. The molecule has 1 N–H and O–H groups in total. The van der Waals surface area contributed by atoms with E-state index in [1.54, 1.807) is 0 Å². The number of piperidine rings is 1. The zero-order valence-corrected chi connectivity index (χ0v) is 11.7. The third-order valence-electron chi connectivity index (χ3n) is 3.05. The van der Waals surface area contributed by atoms with Gasteiger partial charge in [0.2, 0.25) is 5.91 Å². The number of likely N-dealkylation sites (N-methyl/N-ethyl adjacent to an activating group) is 1. The Morgan fingerprint density at radius 3 is 2.76 bits per heavy atom. The number of nitrogens with one attached hydrogen (secondary N) is 1. The third-order valence-corrected chi connectivity index (χ3v) is 3.05. The number of carbonyl (C=O) groups excluding carboxylic acids is 1. The van der Waals surface area contributed by atoms with Gasteiger partial charge in [-0.2, -0.15) is 0 Å². The van der Waals surface area contributed by atoms with Crippen molar-refractivity contribution in [3.05, 3.63) is 0 Å². The van der Waals surface area contributed by atoms with Crippen molar-refractivity contribution in [2.45, 2.75) is 26.7 Å². The lowest BCUT2D eigenvalue weighted by atomic mass is 9.98. The lowest BCUT2D eigenvalue weighted by Crippen LogP contribution is -2.44. The minimum atomic E-state index is 0. The molecule has 1 heterocycles. The first-order chi connectivity index (χ1) is 7.79. The SMILES string of the molecule is CCOCCN(CC)C(=O)[C@@H]1CCCNC1.Cl. The largest absolute Gasteiger partial charge is 0.380 e. The lowest BCUT2D eigenvalue weighted by Gasteiger charge is -2.28. The molecule has 1 amide bonds. The van der Waals surface area contributed by atoms with Gasteiger partial charge < -0.3 is 15.0 Å². The lowest BCUT2D eigenvalue weighted by molar-refractivity contribution is -0.136.